The number of nitrogens with zero attached hydrogens (tertiary/aromatic N) is 1. The molecule has 0 unspecified atom stereocenters. The van der Waals surface area contributed by atoms with E-state index >= 15 is 0 Å². The van der Waals surface area contributed by atoms with E-state index in [2.05, 4.69) is 0 Å². The maximum absolute atomic E-state index is 11.0. The Kier molecular flexibility index (Phi) is 2.83. The van der Waals surface area contributed by atoms with Gasteiger partial charge >= 0.3 is 5.97 Å². The van der Waals surface area contributed by atoms with Crippen molar-refractivity contribution in [2.45, 2.75) is 0 Å². The van der Waals surface area contributed by atoms with Crippen molar-refractivity contribution < 1.29 is 14.4 Å². The second kappa shape index (κ2) is 4.28. The molecule has 2 aromatic rings. The predicted octanol–water partition coefficient (Wildman–Crippen LogP) is 1.32. The molecule has 15 heavy (non-hydrogen) atoms. The number of rotatable bonds is 2. The first-order valence-electron chi connectivity index (χ1n) is 4.48. The zero-order valence-corrected chi connectivity index (χ0v) is 8.65. The summed E-state index contributed by atoms with van der Waals surface area (Å²) in [5.41, 5.74) is 0.832. The van der Waals surface area contributed by atoms with Gasteiger partial charge in [0.25, 0.3) is 5.52 Å². The van der Waals surface area contributed by atoms with Crippen LogP contribution in [0.15, 0.2) is 42.6 Å². The van der Waals surface area contributed by atoms with Crippen molar-refractivity contribution in [3.8, 4) is 0 Å². The largest absolute Gasteiger partial charge is 0.395 e. The number of hydrogen-bond donors (Lipinski definition) is 0. The summed E-state index contributed by atoms with van der Waals surface area (Å²) in [5.74, 6) is -0.631. The van der Waals surface area contributed by atoms with Crippen molar-refractivity contribution in [3.63, 3.8) is 0 Å². The van der Waals surface area contributed by atoms with Crippen molar-refractivity contribution in [3.05, 3.63) is 42.6 Å². The Morgan fingerprint density at radius 2 is 2.00 bits per heavy atom. The average Bonchev–Trinajstić information content (AvgIpc) is 2.29. The molecule has 1 heterocycles. The molecule has 0 aliphatic rings. The van der Waals surface area contributed by atoms with Crippen LogP contribution in [0.4, 0.5) is 0 Å². The van der Waals surface area contributed by atoms with Crippen LogP contribution >= 0.6 is 11.6 Å². The number of pyridine rings is 1. The summed E-state index contributed by atoms with van der Waals surface area (Å²) in [7, 11) is 0. The highest BCUT2D eigenvalue weighted by atomic mass is 35.5. The molecule has 76 valence electrons. The van der Waals surface area contributed by atoms with Crippen LogP contribution in [-0.2, 0) is 4.79 Å². The normalized spacial score (nSPS) is 10.2. The lowest BCUT2D eigenvalue weighted by Gasteiger charge is -1.97. The van der Waals surface area contributed by atoms with Gasteiger partial charge in [-0.3, -0.25) is 0 Å². The number of alkyl halides is 1. The molecule has 1 aromatic carbocycles. The van der Waals surface area contributed by atoms with Gasteiger partial charge in [0.2, 0.25) is 6.20 Å². The number of para-hydroxylation sites is 1. The molecule has 0 saturated heterocycles. The maximum Gasteiger partial charge on any atom is 0.395 e. The van der Waals surface area contributed by atoms with E-state index in [1.54, 1.807) is 6.20 Å². The summed E-state index contributed by atoms with van der Waals surface area (Å²) in [6.45, 7) is 0. The lowest BCUT2D eigenvalue weighted by atomic mass is 10.2. The third-order valence-corrected chi connectivity index (χ3v) is 2.20. The van der Waals surface area contributed by atoms with Gasteiger partial charge in [0.15, 0.2) is 0 Å². The lowest BCUT2D eigenvalue weighted by molar-refractivity contribution is -0.848. The molecule has 0 N–H and O–H groups in total. The number of aromatic nitrogens is 1. The molecular formula is C11H9ClNO2+. The fourth-order valence-electron chi connectivity index (χ4n) is 1.35. The molecule has 3 nitrogen and oxygen atoms in total. The highest BCUT2D eigenvalue weighted by Crippen LogP contribution is 2.06. The summed E-state index contributed by atoms with van der Waals surface area (Å²) >= 11 is 5.37. The fourth-order valence-corrected chi connectivity index (χ4v) is 1.40. The molecule has 4 heteroatoms. The Balaban J connectivity index is 2.46. The molecule has 0 fully saturated rings. The second-order valence-electron chi connectivity index (χ2n) is 2.99. The second-order valence-corrected chi connectivity index (χ2v) is 3.26. The molecule has 0 bridgehead atoms. The SMILES string of the molecule is O=C(CCl)O[n+]1cccc2ccccc21. The van der Waals surface area contributed by atoms with E-state index in [9.17, 15) is 4.79 Å². The lowest BCUT2D eigenvalue weighted by Crippen LogP contribution is -2.46. The van der Waals surface area contributed by atoms with Crippen molar-refractivity contribution >= 4 is 28.5 Å². The molecule has 2 rings (SSSR count). The van der Waals surface area contributed by atoms with E-state index in [0.717, 1.165) is 10.9 Å². The van der Waals surface area contributed by atoms with Crippen LogP contribution < -0.4 is 9.57 Å². The molecule has 0 spiro atoms. The fraction of sp³-hybridized carbons (Fsp3) is 0.0909. The van der Waals surface area contributed by atoms with Gasteiger partial charge in [-0.05, 0) is 12.1 Å². The van der Waals surface area contributed by atoms with E-state index in [4.69, 9.17) is 16.4 Å². The van der Waals surface area contributed by atoms with Gasteiger partial charge in [0, 0.05) is 16.9 Å². The minimum absolute atomic E-state index is 0.157. The monoisotopic (exact) mass is 222 g/mol. The Hall–Kier alpha value is -1.61. The molecule has 0 aliphatic carbocycles. The first kappa shape index (κ1) is 9.93. The number of fused-ring (bicyclic) bond motifs is 1. The minimum atomic E-state index is -0.474. The van der Waals surface area contributed by atoms with E-state index < -0.39 is 5.97 Å². The molecule has 0 atom stereocenters. The number of carbonyl (C=O) groups excluding carboxylic acids is 1. The predicted molar refractivity (Wildman–Crippen MR) is 56.5 cm³/mol. The van der Waals surface area contributed by atoms with Crippen LogP contribution in [0, 0.1) is 0 Å². The summed E-state index contributed by atoms with van der Waals surface area (Å²) in [5, 5.41) is 1.00. The zero-order valence-electron chi connectivity index (χ0n) is 7.89. The highest BCUT2D eigenvalue weighted by Gasteiger charge is 2.13. The van der Waals surface area contributed by atoms with Crippen molar-refractivity contribution in [1.29, 1.82) is 0 Å². The van der Waals surface area contributed by atoms with Gasteiger partial charge in [-0.1, -0.05) is 12.1 Å². The van der Waals surface area contributed by atoms with Gasteiger partial charge in [0.1, 0.15) is 5.88 Å². The van der Waals surface area contributed by atoms with Crippen molar-refractivity contribution in [1.82, 2.24) is 0 Å². The first-order chi connectivity index (χ1) is 7.31. The molecule has 0 saturated carbocycles. The van der Waals surface area contributed by atoms with Crippen molar-refractivity contribution in [2.75, 3.05) is 5.88 Å². The number of halogens is 1. The minimum Gasteiger partial charge on any atom is -0.243 e. The Morgan fingerprint density at radius 1 is 1.27 bits per heavy atom. The van der Waals surface area contributed by atoms with E-state index in [-0.39, 0.29) is 5.88 Å². The maximum atomic E-state index is 11.0. The van der Waals surface area contributed by atoms with Gasteiger partial charge in [-0.25, -0.2) is 4.79 Å². The average molecular weight is 223 g/mol. The van der Waals surface area contributed by atoms with Crippen LogP contribution in [-0.4, -0.2) is 11.8 Å². The van der Waals surface area contributed by atoms with Gasteiger partial charge in [-0.2, -0.15) is 4.84 Å². The summed E-state index contributed by atoms with van der Waals surface area (Å²) in [6.07, 6.45) is 1.67. The highest BCUT2D eigenvalue weighted by molar-refractivity contribution is 6.26. The molecular weight excluding hydrogens is 214 g/mol. The third-order valence-electron chi connectivity index (χ3n) is 1.98. The van der Waals surface area contributed by atoms with Crippen LogP contribution in [0.1, 0.15) is 0 Å². The standard InChI is InChI=1S/C11H9ClNO2/c12-8-11(14)15-13-7-3-5-9-4-1-2-6-10(9)13/h1-7H,8H2/q+1. The molecule has 0 aliphatic heterocycles. The van der Waals surface area contributed by atoms with Gasteiger partial charge in [-0.15, -0.1) is 11.6 Å². The molecule has 0 radical (unpaired) electrons. The van der Waals surface area contributed by atoms with Crippen LogP contribution in [0.3, 0.4) is 0 Å². The molecule has 1 aromatic heterocycles. The van der Waals surface area contributed by atoms with Crippen molar-refractivity contribution in [2.24, 2.45) is 0 Å². The van der Waals surface area contributed by atoms with Crippen LogP contribution in [0.2, 0.25) is 0 Å². The Morgan fingerprint density at radius 3 is 2.80 bits per heavy atom. The number of carbonyl (C=O) groups is 1. The Labute approximate surface area is 91.8 Å². The van der Waals surface area contributed by atoms with Crippen LogP contribution in [0.5, 0.6) is 0 Å². The topological polar surface area (TPSA) is 30.2 Å². The van der Waals surface area contributed by atoms with Gasteiger partial charge in [0.05, 0.1) is 5.39 Å². The van der Waals surface area contributed by atoms with E-state index in [0.29, 0.717) is 0 Å². The summed E-state index contributed by atoms with van der Waals surface area (Å²) in [6, 6.07) is 11.4. The van der Waals surface area contributed by atoms with Crippen LogP contribution in [0.25, 0.3) is 10.9 Å². The van der Waals surface area contributed by atoms with E-state index in [1.165, 1.54) is 4.73 Å². The quantitative estimate of drug-likeness (QED) is 0.567. The number of hydrogen-bond acceptors (Lipinski definition) is 2. The smallest absolute Gasteiger partial charge is 0.243 e. The summed E-state index contributed by atoms with van der Waals surface area (Å²) in [4.78, 5) is 16.1. The Bertz CT molecular complexity index is 493. The number of benzene rings is 1. The molecule has 0 amide bonds. The third kappa shape index (κ3) is 2.07. The first-order valence-corrected chi connectivity index (χ1v) is 5.01. The van der Waals surface area contributed by atoms with Gasteiger partial charge < -0.3 is 0 Å². The zero-order chi connectivity index (χ0) is 10.7. The summed E-state index contributed by atoms with van der Waals surface area (Å²) < 4.78 is 1.42. The van der Waals surface area contributed by atoms with E-state index in [1.807, 2.05) is 36.4 Å².